The lowest BCUT2D eigenvalue weighted by Gasteiger charge is -2.26. The van der Waals surface area contributed by atoms with Gasteiger partial charge in [0.15, 0.2) is 5.11 Å². The van der Waals surface area contributed by atoms with Gasteiger partial charge in [0, 0.05) is 5.69 Å². The van der Waals surface area contributed by atoms with E-state index in [2.05, 4.69) is 93.8 Å². The molecule has 0 radical (unpaired) electrons. The van der Waals surface area contributed by atoms with Crippen LogP contribution in [0.3, 0.4) is 0 Å². The second kappa shape index (κ2) is 8.29. The zero-order chi connectivity index (χ0) is 17.7. The van der Waals surface area contributed by atoms with Crippen LogP contribution in [0.1, 0.15) is 56.3 Å². The Labute approximate surface area is 151 Å². The topological polar surface area (TPSA) is 24.1 Å². The molecule has 2 nitrogen and oxygen atoms in total. The Balaban J connectivity index is 2.07. The fourth-order valence-electron chi connectivity index (χ4n) is 2.80. The lowest BCUT2D eigenvalue weighted by atomic mass is 9.93. The first kappa shape index (κ1) is 18.5. The molecule has 0 amide bonds. The van der Waals surface area contributed by atoms with Gasteiger partial charge in [-0.3, -0.25) is 0 Å². The van der Waals surface area contributed by atoms with Crippen LogP contribution in [0, 0.1) is 12.8 Å². The second-order valence-corrected chi connectivity index (χ2v) is 7.36. The number of aryl methyl sites for hydroxylation is 1. The predicted molar refractivity (Wildman–Crippen MR) is 109 cm³/mol. The van der Waals surface area contributed by atoms with E-state index < -0.39 is 0 Å². The van der Waals surface area contributed by atoms with Gasteiger partial charge in [0.1, 0.15) is 0 Å². The molecule has 0 aliphatic rings. The van der Waals surface area contributed by atoms with E-state index in [0.717, 1.165) is 5.69 Å². The van der Waals surface area contributed by atoms with E-state index in [1.807, 2.05) is 0 Å². The molecular formula is C21H28N2S. The fraction of sp³-hybridized carbons (Fsp3) is 0.381. The van der Waals surface area contributed by atoms with E-state index in [-0.39, 0.29) is 6.04 Å². The van der Waals surface area contributed by atoms with Crippen LogP contribution in [-0.2, 0) is 0 Å². The maximum Gasteiger partial charge on any atom is 0.171 e. The molecule has 0 aromatic heterocycles. The molecule has 2 aromatic carbocycles. The van der Waals surface area contributed by atoms with Crippen LogP contribution in [0.25, 0.3) is 0 Å². The summed E-state index contributed by atoms with van der Waals surface area (Å²) >= 11 is 5.54. The molecule has 0 aliphatic carbocycles. The Morgan fingerprint density at radius 1 is 0.917 bits per heavy atom. The van der Waals surface area contributed by atoms with Crippen molar-refractivity contribution in [3.63, 3.8) is 0 Å². The average molecular weight is 341 g/mol. The average Bonchev–Trinajstić information content (AvgIpc) is 2.53. The Morgan fingerprint density at radius 3 is 2.08 bits per heavy atom. The van der Waals surface area contributed by atoms with Gasteiger partial charge in [-0.1, -0.05) is 64.1 Å². The predicted octanol–water partition coefficient (Wildman–Crippen LogP) is 5.80. The van der Waals surface area contributed by atoms with E-state index in [1.54, 1.807) is 0 Å². The quantitative estimate of drug-likeness (QED) is 0.672. The highest BCUT2D eigenvalue weighted by molar-refractivity contribution is 7.80. The smallest absolute Gasteiger partial charge is 0.171 e. The van der Waals surface area contributed by atoms with Gasteiger partial charge in [0.2, 0.25) is 0 Å². The van der Waals surface area contributed by atoms with Gasteiger partial charge in [0.05, 0.1) is 6.04 Å². The van der Waals surface area contributed by atoms with Crippen molar-refractivity contribution in [2.75, 3.05) is 5.32 Å². The zero-order valence-corrected chi connectivity index (χ0v) is 16.1. The van der Waals surface area contributed by atoms with E-state index in [1.165, 1.54) is 16.7 Å². The van der Waals surface area contributed by atoms with Gasteiger partial charge in [-0.15, -0.1) is 0 Å². The van der Waals surface area contributed by atoms with Crippen molar-refractivity contribution in [2.45, 2.75) is 46.6 Å². The highest BCUT2D eigenvalue weighted by Crippen LogP contribution is 2.25. The second-order valence-electron chi connectivity index (χ2n) is 6.95. The van der Waals surface area contributed by atoms with Gasteiger partial charge >= 0.3 is 0 Å². The Morgan fingerprint density at radius 2 is 1.54 bits per heavy atom. The maximum absolute atomic E-state index is 5.54. The Bertz CT molecular complexity index is 674. The summed E-state index contributed by atoms with van der Waals surface area (Å²) in [6.07, 6.45) is 0. The lowest BCUT2D eigenvalue weighted by Crippen LogP contribution is -2.35. The molecule has 0 heterocycles. The third kappa shape index (κ3) is 4.81. The van der Waals surface area contributed by atoms with Gasteiger partial charge in [-0.2, -0.15) is 0 Å². The van der Waals surface area contributed by atoms with Crippen molar-refractivity contribution in [1.29, 1.82) is 0 Å². The largest absolute Gasteiger partial charge is 0.355 e. The van der Waals surface area contributed by atoms with Crippen molar-refractivity contribution >= 4 is 23.0 Å². The molecule has 0 fully saturated rings. The van der Waals surface area contributed by atoms with Crippen LogP contribution >= 0.6 is 12.2 Å². The van der Waals surface area contributed by atoms with Gasteiger partial charge in [-0.25, -0.2) is 0 Å². The van der Waals surface area contributed by atoms with E-state index >= 15 is 0 Å². The first-order chi connectivity index (χ1) is 11.4. The zero-order valence-electron chi connectivity index (χ0n) is 15.3. The van der Waals surface area contributed by atoms with Gasteiger partial charge in [0.25, 0.3) is 0 Å². The van der Waals surface area contributed by atoms with Crippen molar-refractivity contribution in [1.82, 2.24) is 5.32 Å². The fourth-order valence-corrected chi connectivity index (χ4v) is 3.04. The summed E-state index contributed by atoms with van der Waals surface area (Å²) in [7, 11) is 0. The lowest BCUT2D eigenvalue weighted by molar-refractivity contribution is 0.471. The summed E-state index contributed by atoms with van der Waals surface area (Å²) in [6, 6.07) is 17.1. The highest BCUT2D eigenvalue weighted by atomic mass is 32.1. The summed E-state index contributed by atoms with van der Waals surface area (Å²) in [5.41, 5.74) is 4.93. The number of hydrogen-bond acceptors (Lipinski definition) is 1. The molecule has 0 spiro atoms. The molecule has 0 unspecified atom stereocenters. The molecule has 0 bridgehead atoms. The minimum absolute atomic E-state index is 0.195. The minimum atomic E-state index is 0.195. The van der Waals surface area contributed by atoms with Crippen molar-refractivity contribution in [3.05, 3.63) is 65.2 Å². The van der Waals surface area contributed by atoms with Crippen LogP contribution < -0.4 is 10.6 Å². The number of nitrogens with one attached hydrogen (secondary N) is 2. The van der Waals surface area contributed by atoms with Crippen LogP contribution in [0.2, 0.25) is 0 Å². The summed E-state index contributed by atoms with van der Waals surface area (Å²) in [5.74, 6) is 0.977. The molecule has 2 rings (SSSR count). The molecule has 0 aliphatic heterocycles. The van der Waals surface area contributed by atoms with Crippen molar-refractivity contribution < 1.29 is 0 Å². The molecule has 0 saturated heterocycles. The molecule has 2 N–H and O–H groups in total. The van der Waals surface area contributed by atoms with E-state index in [0.29, 0.717) is 16.9 Å². The number of anilines is 1. The van der Waals surface area contributed by atoms with E-state index in [9.17, 15) is 0 Å². The molecule has 128 valence electrons. The van der Waals surface area contributed by atoms with Crippen molar-refractivity contribution in [2.24, 2.45) is 5.92 Å². The highest BCUT2D eigenvalue weighted by Gasteiger charge is 2.18. The SMILES string of the molecule is Cc1ccccc1[C@H](NC(=S)Nc1ccc(C(C)C)cc1)C(C)C. The molecule has 2 aromatic rings. The van der Waals surface area contributed by atoms with Gasteiger partial charge < -0.3 is 10.6 Å². The van der Waals surface area contributed by atoms with Crippen LogP contribution in [-0.4, -0.2) is 5.11 Å². The first-order valence-electron chi connectivity index (χ1n) is 8.61. The molecule has 0 saturated carbocycles. The summed E-state index contributed by atoms with van der Waals surface area (Å²) < 4.78 is 0. The third-order valence-corrected chi connectivity index (χ3v) is 4.53. The van der Waals surface area contributed by atoms with Crippen LogP contribution in [0.5, 0.6) is 0 Å². The summed E-state index contributed by atoms with van der Waals surface area (Å²) in [6.45, 7) is 11.0. The minimum Gasteiger partial charge on any atom is -0.355 e. The third-order valence-electron chi connectivity index (χ3n) is 4.31. The standard InChI is InChI=1S/C21H28N2S/c1-14(2)17-10-12-18(13-11-17)22-21(24)23-20(15(3)4)19-9-7-6-8-16(19)5/h6-15,20H,1-5H3,(H2,22,23,24)/t20-/m1/s1. The first-order valence-corrected chi connectivity index (χ1v) is 9.02. The molecular weight excluding hydrogens is 312 g/mol. The number of thiocarbonyl (C=S) groups is 1. The Hall–Kier alpha value is -1.87. The molecule has 3 heteroatoms. The summed E-state index contributed by atoms with van der Waals surface area (Å²) in [4.78, 5) is 0. The number of rotatable bonds is 5. The summed E-state index contributed by atoms with van der Waals surface area (Å²) in [5, 5.41) is 7.44. The van der Waals surface area contributed by atoms with Crippen LogP contribution in [0.15, 0.2) is 48.5 Å². The van der Waals surface area contributed by atoms with Crippen LogP contribution in [0.4, 0.5) is 5.69 Å². The molecule has 24 heavy (non-hydrogen) atoms. The van der Waals surface area contributed by atoms with Crippen molar-refractivity contribution in [3.8, 4) is 0 Å². The number of benzene rings is 2. The number of hydrogen-bond donors (Lipinski definition) is 2. The normalized spacial score (nSPS) is 12.3. The molecule has 1 atom stereocenters. The van der Waals surface area contributed by atoms with E-state index in [4.69, 9.17) is 12.2 Å². The van der Waals surface area contributed by atoms with Gasteiger partial charge in [-0.05, 0) is 59.8 Å². The maximum atomic E-state index is 5.54. The monoisotopic (exact) mass is 340 g/mol. The Kier molecular flexibility index (Phi) is 6.38.